The molecule has 2 saturated heterocycles. The van der Waals surface area contributed by atoms with Crippen LogP contribution in [0.25, 0.3) is 0 Å². The molecule has 0 unspecified atom stereocenters. The molecule has 0 atom stereocenters. The number of nitrogens with zero attached hydrogens (tertiary/aromatic N) is 2. The minimum Gasteiger partial charge on any atom is -0.496 e. The molecule has 0 amide bonds. The summed E-state index contributed by atoms with van der Waals surface area (Å²) in [4.78, 5) is 27.9. The van der Waals surface area contributed by atoms with Crippen molar-refractivity contribution in [2.75, 3.05) is 44.9 Å². The monoisotopic (exact) mass is 426 g/mol. The summed E-state index contributed by atoms with van der Waals surface area (Å²) in [6.45, 7) is 2.82. The first kappa shape index (κ1) is 19.5. The molecule has 2 aromatic rings. The Morgan fingerprint density at radius 2 is 1.71 bits per heavy atom. The normalized spacial score (nSPS) is 19.8. The maximum absolute atomic E-state index is 12.0. The van der Waals surface area contributed by atoms with Gasteiger partial charge in [0.05, 0.1) is 13.7 Å². The van der Waals surface area contributed by atoms with E-state index in [-0.39, 0.29) is 6.54 Å². The summed E-state index contributed by atoms with van der Waals surface area (Å²) in [6.07, 6.45) is 0. The third kappa shape index (κ3) is 3.50. The molecule has 0 N–H and O–H groups in total. The maximum Gasteiger partial charge on any atom is 0.422 e. The Hall–Kier alpha value is -3.46. The first-order valence-electron chi connectivity index (χ1n) is 10.1. The van der Waals surface area contributed by atoms with Crippen molar-refractivity contribution >= 4 is 17.6 Å². The maximum atomic E-state index is 12.0. The molecule has 9 nitrogen and oxygen atoms in total. The van der Waals surface area contributed by atoms with Crippen molar-refractivity contribution in [3.05, 3.63) is 48.0 Å². The smallest absolute Gasteiger partial charge is 0.422 e. The molecule has 3 aliphatic heterocycles. The number of para-hydroxylation sites is 1. The summed E-state index contributed by atoms with van der Waals surface area (Å²) in [5.74, 6) is -1.52. The largest absolute Gasteiger partial charge is 0.496 e. The van der Waals surface area contributed by atoms with Crippen LogP contribution in [0.1, 0.15) is 5.56 Å². The third-order valence-corrected chi connectivity index (χ3v) is 5.57. The highest BCUT2D eigenvalue weighted by atomic mass is 16.8. The second-order valence-corrected chi connectivity index (χ2v) is 7.49. The third-order valence-electron chi connectivity index (χ3n) is 5.57. The lowest BCUT2D eigenvalue weighted by molar-refractivity contribution is -0.193. The van der Waals surface area contributed by atoms with Crippen LogP contribution in [0, 0.1) is 0 Å². The molecule has 3 heterocycles. The van der Waals surface area contributed by atoms with Crippen LogP contribution in [0.2, 0.25) is 0 Å². The van der Waals surface area contributed by atoms with E-state index in [4.69, 9.17) is 23.7 Å². The van der Waals surface area contributed by atoms with Crippen molar-refractivity contribution in [3.63, 3.8) is 0 Å². The number of fused-ring (bicyclic) bond motifs is 1. The second kappa shape index (κ2) is 7.66. The summed E-state index contributed by atoms with van der Waals surface area (Å²) in [7, 11) is 1.63. The van der Waals surface area contributed by atoms with Gasteiger partial charge in [0.15, 0.2) is 11.5 Å². The molecule has 3 aliphatic rings. The molecule has 9 heteroatoms. The summed E-state index contributed by atoms with van der Waals surface area (Å²) >= 11 is 0. The lowest BCUT2D eigenvalue weighted by Crippen LogP contribution is -2.63. The summed E-state index contributed by atoms with van der Waals surface area (Å²) in [5.41, 5.74) is 1.70. The van der Waals surface area contributed by atoms with Crippen LogP contribution >= 0.6 is 0 Å². The summed E-state index contributed by atoms with van der Waals surface area (Å²) in [6, 6.07) is 13.2. The van der Waals surface area contributed by atoms with Crippen molar-refractivity contribution in [3.8, 4) is 17.2 Å². The number of hydrogen-bond acceptors (Lipinski definition) is 9. The minimum atomic E-state index is -1.54. The Morgan fingerprint density at radius 3 is 2.48 bits per heavy atom. The fourth-order valence-corrected chi connectivity index (χ4v) is 4.16. The van der Waals surface area contributed by atoms with Gasteiger partial charge in [-0.3, -0.25) is 9.80 Å². The van der Waals surface area contributed by atoms with Crippen LogP contribution in [0.4, 0.5) is 5.69 Å². The lowest BCUT2D eigenvalue weighted by Gasteiger charge is -2.46. The first-order chi connectivity index (χ1) is 15.1. The molecule has 0 saturated carbocycles. The predicted octanol–water partition coefficient (Wildman–Crippen LogP) is 1.54. The molecular weight excluding hydrogens is 404 g/mol. The summed E-state index contributed by atoms with van der Waals surface area (Å²) < 4.78 is 27.7. The zero-order valence-electron chi connectivity index (χ0n) is 17.0. The molecule has 0 aliphatic carbocycles. The van der Waals surface area contributed by atoms with Gasteiger partial charge in [-0.25, -0.2) is 9.59 Å². The number of esters is 2. The van der Waals surface area contributed by atoms with Crippen LogP contribution in [0.5, 0.6) is 17.2 Å². The van der Waals surface area contributed by atoms with Crippen LogP contribution in [0.15, 0.2) is 42.5 Å². The molecule has 0 radical (unpaired) electrons. The van der Waals surface area contributed by atoms with Crippen molar-refractivity contribution in [2.45, 2.75) is 12.5 Å². The van der Waals surface area contributed by atoms with Crippen molar-refractivity contribution in [1.82, 2.24) is 4.90 Å². The van der Waals surface area contributed by atoms with Gasteiger partial charge in [0.1, 0.15) is 19.0 Å². The van der Waals surface area contributed by atoms with Gasteiger partial charge in [-0.15, -0.1) is 0 Å². The molecule has 2 fully saturated rings. The van der Waals surface area contributed by atoms with Gasteiger partial charge >= 0.3 is 17.8 Å². The van der Waals surface area contributed by atoms with Gasteiger partial charge in [0.25, 0.3) is 0 Å². The number of hydrogen-bond donors (Lipinski definition) is 0. The average Bonchev–Trinajstić information content (AvgIpc) is 3.06. The molecule has 2 aromatic carbocycles. The number of piperazine rings is 1. The quantitative estimate of drug-likeness (QED) is 0.534. The fourth-order valence-electron chi connectivity index (χ4n) is 4.16. The Balaban J connectivity index is 1.44. The number of carbonyl (C=O) groups is 2. The number of ether oxygens (including phenoxy) is 5. The van der Waals surface area contributed by atoms with E-state index in [1.54, 1.807) is 18.1 Å². The van der Waals surface area contributed by atoms with Gasteiger partial charge in [0, 0.05) is 37.0 Å². The van der Waals surface area contributed by atoms with Crippen LogP contribution < -0.4 is 19.1 Å². The summed E-state index contributed by atoms with van der Waals surface area (Å²) in [5, 5.41) is 0. The molecule has 31 heavy (non-hydrogen) atoms. The van der Waals surface area contributed by atoms with Crippen LogP contribution in [0.3, 0.4) is 0 Å². The number of methoxy groups -OCH3 is 1. The molecule has 162 valence electrons. The van der Waals surface area contributed by atoms with Crippen molar-refractivity contribution in [1.29, 1.82) is 0 Å². The SMILES string of the molecule is COc1ccccc1CN1CCN(c2ccc3c(c2)OCCO3)C2(C1)OC(=O)C(=O)O2. The lowest BCUT2D eigenvalue weighted by atomic mass is 10.1. The fraction of sp³-hybridized carbons (Fsp3) is 0.364. The van der Waals surface area contributed by atoms with Gasteiger partial charge in [-0.05, 0) is 18.2 Å². The van der Waals surface area contributed by atoms with Crippen molar-refractivity contribution in [2.24, 2.45) is 0 Å². The van der Waals surface area contributed by atoms with Crippen LogP contribution in [-0.2, 0) is 25.6 Å². The molecule has 5 rings (SSSR count). The Labute approximate surface area is 179 Å². The van der Waals surface area contributed by atoms with Gasteiger partial charge in [0.2, 0.25) is 0 Å². The predicted molar refractivity (Wildman–Crippen MR) is 108 cm³/mol. The zero-order chi connectivity index (χ0) is 21.4. The van der Waals surface area contributed by atoms with E-state index in [2.05, 4.69) is 4.90 Å². The zero-order valence-corrected chi connectivity index (χ0v) is 17.0. The first-order valence-corrected chi connectivity index (χ1v) is 10.1. The minimum absolute atomic E-state index is 0.191. The number of rotatable bonds is 4. The van der Waals surface area contributed by atoms with E-state index in [1.807, 2.05) is 36.4 Å². The van der Waals surface area contributed by atoms with E-state index in [0.717, 1.165) is 11.3 Å². The Bertz CT molecular complexity index is 1010. The van der Waals surface area contributed by atoms with E-state index < -0.39 is 17.8 Å². The van der Waals surface area contributed by atoms with E-state index in [0.29, 0.717) is 50.0 Å². The average molecular weight is 426 g/mol. The number of carbonyl (C=O) groups excluding carboxylic acids is 2. The molecule has 0 aromatic heterocycles. The highest BCUT2D eigenvalue weighted by Gasteiger charge is 2.56. The highest BCUT2D eigenvalue weighted by Crippen LogP contribution is 2.40. The molecular formula is C22H22N2O7. The Kier molecular flexibility index (Phi) is 4.82. The van der Waals surface area contributed by atoms with E-state index in [9.17, 15) is 9.59 Å². The molecule has 0 bridgehead atoms. The second-order valence-electron chi connectivity index (χ2n) is 7.49. The van der Waals surface area contributed by atoms with Gasteiger partial charge < -0.3 is 23.7 Å². The number of benzene rings is 2. The van der Waals surface area contributed by atoms with Gasteiger partial charge in [-0.1, -0.05) is 18.2 Å². The van der Waals surface area contributed by atoms with E-state index in [1.165, 1.54) is 0 Å². The highest BCUT2D eigenvalue weighted by molar-refractivity contribution is 6.31. The topological polar surface area (TPSA) is 86.8 Å². The van der Waals surface area contributed by atoms with E-state index >= 15 is 0 Å². The van der Waals surface area contributed by atoms with Gasteiger partial charge in [-0.2, -0.15) is 0 Å². The standard InChI is InChI=1S/C22H22N2O7/c1-27-17-5-3-2-4-15(17)13-23-8-9-24(22(14-23)30-20(25)21(26)31-22)16-6-7-18-19(12-16)29-11-10-28-18/h2-7,12H,8-11,13-14H2,1H3. The van der Waals surface area contributed by atoms with Crippen LogP contribution in [-0.4, -0.2) is 62.7 Å². The Morgan fingerprint density at radius 1 is 0.968 bits per heavy atom. The number of anilines is 1. The molecule has 1 spiro atoms. The van der Waals surface area contributed by atoms with Crippen molar-refractivity contribution < 1.29 is 33.3 Å².